The topological polar surface area (TPSA) is 75.7 Å². The van der Waals surface area contributed by atoms with Crippen LogP contribution in [0.15, 0.2) is 77.7 Å². The van der Waals surface area contributed by atoms with Crippen molar-refractivity contribution in [2.45, 2.75) is 37.7 Å². The standard InChI is InChI=1S/C26H28N2O4S/c1-19-12-14-22(15-13-19)33(30,31)28-18-25(32-24-11-4-3-10-23(24)28)26(29)27-16-6-9-21-8-5-7-20(2)17-21/h3-5,7-8,10-15,17,25H,6,9,16,18H2,1-2H3,(H,27,29)/t25-/m0/s1. The summed E-state index contributed by atoms with van der Waals surface area (Å²) in [7, 11) is -3.85. The lowest BCUT2D eigenvalue weighted by atomic mass is 10.1. The highest BCUT2D eigenvalue weighted by molar-refractivity contribution is 7.92. The third-order valence-electron chi connectivity index (χ3n) is 5.66. The van der Waals surface area contributed by atoms with Crippen LogP contribution < -0.4 is 14.4 Å². The first-order chi connectivity index (χ1) is 15.8. The molecule has 4 rings (SSSR count). The number of rotatable bonds is 7. The van der Waals surface area contributed by atoms with E-state index in [9.17, 15) is 13.2 Å². The summed E-state index contributed by atoms with van der Waals surface area (Å²) in [6, 6.07) is 21.9. The molecule has 3 aromatic carbocycles. The van der Waals surface area contributed by atoms with Gasteiger partial charge in [0.1, 0.15) is 5.75 Å². The Balaban J connectivity index is 1.46. The van der Waals surface area contributed by atoms with Gasteiger partial charge in [-0.25, -0.2) is 8.42 Å². The summed E-state index contributed by atoms with van der Waals surface area (Å²) in [5.41, 5.74) is 3.84. The molecule has 0 aliphatic carbocycles. The largest absolute Gasteiger partial charge is 0.476 e. The Morgan fingerprint density at radius 2 is 1.76 bits per heavy atom. The highest BCUT2D eigenvalue weighted by Crippen LogP contribution is 2.36. The first-order valence-electron chi connectivity index (χ1n) is 11.0. The van der Waals surface area contributed by atoms with Crippen molar-refractivity contribution in [3.8, 4) is 5.75 Å². The first-order valence-corrected chi connectivity index (χ1v) is 12.5. The maximum atomic E-state index is 13.4. The third-order valence-corrected chi connectivity index (χ3v) is 7.45. The Kier molecular flexibility index (Phi) is 6.70. The molecule has 0 saturated heterocycles. The van der Waals surface area contributed by atoms with E-state index in [-0.39, 0.29) is 17.3 Å². The third kappa shape index (κ3) is 5.20. The van der Waals surface area contributed by atoms with Gasteiger partial charge in [0.15, 0.2) is 6.10 Å². The van der Waals surface area contributed by atoms with Gasteiger partial charge in [0.2, 0.25) is 0 Å². The number of para-hydroxylation sites is 2. The average molecular weight is 465 g/mol. The van der Waals surface area contributed by atoms with Gasteiger partial charge in [-0.05, 0) is 56.5 Å². The summed E-state index contributed by atoms with van der Waals surface area (Å²) < 4.78 is 34.0. The second-order valence-electron chi connectivity index (χ2n) is 8.31. The molecule has 7 heteroatoms. The predicted octanol–water partition coefficient (Wildman–Crippen LogP) is 4.01. The maximum Gasteiger partial charge on any atom is 0.264 e. The van der Waals surface area contributed by atoms with E-state index in [1.54, 1.807) is 48.5 Å². The number of hydrogen-bond acceptors (Lipinski definition) is 4. The van der Waals surface area contributed by atoms with Crippen LogP contribution in [-0.2, 0) is 21.2 Å². The van der Waals surface area contributed by atoms with Crippen LogP contribution in [0.2, 0.25) is 0 Å². The molecule has 0 bridgehead atoms. The molecule has 0 aromatic heterocycles. The summed E-state index contributed by atoms with van der Waals surface area (Å²) in [5.74, 6) is 0.0530. The number of hydrogen-bond donors (Lipinski definition) is 1. The van der Waals surface area contributed by atoms with E-state index >= 15 is 0 Å². The van der Waals surface area contributed by atoms with Crippen LogP contribution in [0.3, 0.4) is 0 Å². The fraction of sp³-hybridized carbons (Fsp3) is 0.269. The number of ether oxygens (including phenoxy) is 1. The van der Waals surface area contributed by atoms with E-state index in [1.807, 2.05) is 13.0 Å². The molecule has 0 unspecified atom stereocenters. The molecule has 6 nitrogen and oxygen atoms in total. The minimum atomic E-state index is -3.85. The zero-order chi connectivity index (χ0) is 23.4. The molecule has 3 aromatic rings. The molecule has 0 fully saturated rings. The molecule has 1 aliphatic rings. The van der Waals surface area contributed by atoms with E-state index in [2.05, 4.69) is 30.4 Å². The second kappa shape index (κ2) is 9.67. The summed E-state index contributed by atoms with van der Waals surface area (Å²) in [6.45, 7) is 4.36. The Bertz CT molecular complexity index is 1240. The number of nitrogens with zero attached hydrogens (tertiary/aromatic N) is 1. The second-order valence-corrected chi connectivity index (χ2v) is 10.2. The van der Waals surface area contributed by atoms with E-state index in [0.29, 0.717) is 18.0 Å². The van der Waals surface area contributed by atoms with Crippen molar-refractivity contribution in [3.63, 3.8) is 0 Å². The van der Waals surface area contributed by atoms with E-state index in [4.69, 9.17) is 4.74 Å². The minimum absolute atomic E-state index is 0.0864. The molecule has 1 N–H and O–H groups in total. The Hall–Kier alpha value is -3.32. The summed E-state index contributed by atoms with van der Waals surface area (Å²) in [4.78, 5) is 13.1. The molecule has 1 atom stereocenters. The normalized spacial score (nSPS) is 15.5. The number of nitrogens with one attached hydrogen (secondary N) is 1. The van der Waals surface area contributed by atoms with Gasteiger partial charge in [0, 0.05) is 6.54 Å². The lowest BCUT2D eigenvalue weighted by molar-refractivity contribution is -0.127. The van der Waals surface area contributed by atoms with Gasteiger partial charge in [0.25, 0.3) is 15.9 Å². The Morgan fingerprint density at radius 1 is 1.00 bits per heavy atom. The van der Waals surface area contributed by atoms with Crippen LogP contribution in [0.25, 0.3) is 0 Å². The van der Waals surface area contributed by atoms with Gasteiger partial charge in [-0.1, -0.05) is 59.7 Å². The lowest BCUT2D eigenvalue weighted by Gasteiger charge is -2.34. The molecule has 1 aliphatic heterocycles. The molecule has 1 amide bonds. The molecular formula is C26H28N2O4S. The van der Waals surface area contributed by atoms with Gasteiger partial charge >= 0.3 is 0 Å². The molecule has 0 saturated carbocycles. The van der Waals surface area contributed by atoms with Crippen LogP contribution in [0.5, 0.6) is 5.75 Å². The van der Waals surface area contributed by atoms with Crippen molar-refractivity contribution >= 4 is 21.6 Å². The Morgan fingerprint density at radius 3 is 2.52 bits per heavy atom. The number of sulfonamides is 1. The first kappa shape index (κ1) is 22.9. The quantitative estimate of drug-likeness (QED) is 0.536. The van der Waals surface area contributed by atoms with Crippen LogP contribution >= 0.6 is 0 Å². The molecular weight excluding hydrogens is 436 g/mol. The van der Waals surface area contributed by atoms with Gasteiger partial charge in [-0.2, -0.15) is 0 Å². The van der Waals surface area contributed by atoms with Gasteiger partial charge in [-0.15, -0.1) is 0 Å². The van der Waals surface area contributed by atoms with Crippen molar-refractivity contribution in [2.75, 3.05) is 17.4 Å². The van der Waals surface area contributed by atoms with Crippen molar-refractivity contribution in [3.05, 3.63) is 89.5 Å². The minimum Gasteiger partial charge on any atom is -0.476 e. The van der Waals surface area contributed by atoms with Gasteiger partial charge in [-0.3, -0.25) is 9.10 Å². The molecule has 1 heterocycles. The van der Waals surface area contributed by atoms with Gasteiger partial charge in [0.05, 0.1) is 17.1 Å². The number of fused-ring (bicyclic) bond motifs is 1. The van der Waals surface area contributed by atoms with Crippen LogP contribution in [0, 0.1) is 13.8 Å². The van der Waals surface area contributed by atoms with E-state index in [1.165, 1.54) is 15.4 Å². The molecule has 33 heavy (non-hydrogen) atoms. The number of amides is 1. The fourth-order valence-electron chi connectivity index (χ4n) is 3.89. The number of aryl methyl sites for hydroxylation is 3. The zero-order valence-corrected chi connectivity index (χ0v) is 19.6. The van der Waals surface area contributed by atoms with E-state index < -0.39 is 16.1 Å². The smallest absolute Gasteiger partial charge is 0.264 e. The number of carbonyl (C=O) groups is 1. The monoisotopic (exact) mass is 464 g/mol. The van der Waals surface area contributed by atoms with Crippen LogP contribution in [-0.4, -0.2) is 33.5 Å². The fourth-order valence-corrected chi connectivity index (χ4v) is 5.37. The SMILES string of the molecule is Cc1ccc(S(=O)(=O)N2C[C@@H](C(=O)NCCCc3cccc(C)c3)Oc3ccccc32)cc1. The number of anilines is 1. The summed E-state index contributed by atoms with van der Waals surface area (Å²) >= 11 is 0. The molecule has 0 radical (unpaired) electrons. The van der Waals surface area contributed by atoms with E-state index in [0.717, 1.165) is 18.4 Å². The van der Waals surface area contributed by atoms with Crippen LogP contribution in [0.1, 0.15) is 23.1 Å². The number of carbonyl (C=O) groups excluding carboxylic acids is 1. The number of benzene rings is 3. The summed E-state index contributed by atoms with van der Waals surface area (Å²) in [6.07, 6.45) is 0.702. The average Bonchev–Trinajstić information content (AvgIpc) is 2.81. The highest BCUT2D eigenvalue weighted by atomic mass is 32.2. The van der Waals surface area contributed by atoms with Gasteiger partial charge < -0.3 is 10.1 Å². The maximum absolute atomic E-state index is 13.4. The van der Waals surface area contributed by atoms with Crippen molar-refractivity contribution in [1.29, 1.82) is 0 Å². The molecule has 0 spiro atoms. The van der Waals surface area contributed by atoms with Crippen LogP contribution in [0.4, 0.5) is 5.69 Å². The van der Waals surface area contributed by atoms with Crippen molar-refractivity contribution < 1.29 is 17.9 Å². The Labute approximate surface area is 195 Å². The lowest BCUT2D eigenvalue weighted by Crippen LogP contribution is -2.50. The van der Waals surface area contributed by atoms with Crippen molar-refractivity contribution in [2.24, 2.45) is 0 Å². The van der Waals surface area contributed by atoms with Crippen molar-refractivity contribution in [1.82, 2.24) is 5.32 Å². The highest BCUT2D eigenvalue weighted by Gasteiger charge is 2.37. The molecule has 172 valence electrons. The zero-order valence-electron chi connectivity index (χ0n) is 18.8. The summed E-state index contributed by atoms with van der Waals surface area (Å²) in [5, 5.41) is 2.90. The predicted molar refractivity (Wildman–Crippen MR) is 129 cm³/mol.